The van der Waals surface area contributed by atoms with Crippen molar-refractivity contribution in [2.45, 2.75) is 32.5 Å². The molecule has 1 unspecified atom stereocenters. The van der Waals surface area contributed by atoms with E-state index in [2.05, 4.69) is 17.3 Å². The first-order chi connectivity index (χ1) is 7.81. The number of hydrogen-bond acceptors (Lipinski definition) is 4. The van der Waals surface area contributed by atoms with E-state index >= 15 is 0 Å². The second kappa shape index (κ2) is 7.38. The molecule has 0 radical (unpaired) electrons. The summed E-state index contributed by atoms with van der Waals surface area (Å²) < 4.78 is 7.04. The summed E-state index contributed by atoms with van der Waals surface area (Å²) in [5.74, 6) is 0. The zero-order valence-corrected chi connectivity index (χ0v) is 10.0. The highest BCUT2D eigenvalue weighted by atomic mass is 16.5. The van der Waals surface area contributed by atoms with Gasteiger partial charge in [-0.25, -0.2) is 0 Å². The molecular weight excluding hydrogens is 206 g/mol. The van der Waals surface area contributed by atoms with E-state index in [1.165, 1.54) is 0 Å². The van der Waals surface area contributed by atoms with Gasteiger partial charge < -0.3 is 15.2 Å². The first-order valence-corrected chi connectivity index (χ1v) is 5.65. The van der Waals surface area contributed by atoms with Crippen molar-refractivity contribution in [2.75, 3.05) is 20.3 Å². The van der Waals surface area contributed by atoms with Gasteiger partial charge in [0.25, 0.3) is 0 Å². The van der Waals surface area contributed by atoms with Crippen LogP contribution in [-0.2, 0) is 17.8 Å². The average Bonchev–Trinajstić information content (AvgIpc) is 2.74. The number of nitrogens with one attached hydrogen (secondary N) is 1. The zero-order chi connectivity index (χ0) is 11.8. The third kappa shape index (κ3) is 3.92. The van der Waals surface area contributed by atoms with Crippen LogP contribution in [0.4, 0.5) is 0 Å². The van der Waals surface area contributed by atoms with Gasteiger partial charge in [0.2, 0.25) is 0 Å². The molecule has 0 aliphatic carbocycles. The van der Waals surface area contributed by atoms with Gasteiger partial charge in [-0.1, -0.05) is 0 Å². The molecule has 0 aliphatic heterocycles. The Balaban J connectivity index is 2.41. The molecule has 1 aromatic rings. The number of ether oxygens (including phenoxy) is 1. The van der Waals surface area contributed by atoms with Crippen molar-refractivity contribution in [3.63, 3.8) is 0 Å². The highest BCUT2D eigenvalue weighted by molar-refractivity contribution is 5.00. The Morgan fingerprint density at radius 1 is 1.62 bits per heavy atom. The molecule has 0 fully saturated rings. The molecule has 0 spiro atoms. The lowest BCUT2D eigenvalue weighted by molar-refractivity contribution is 0.147. The van der Waals surface area contributed by atoms with Crippen LogP contribution < -0.4 is 5.32 Å². The van der Waals surface area contributed by atoms with Crippen LogP contribution in [-0.4, -0.2) is 41.3 Å². The first-order valence-electron chi connectivity index (χ1n) is 5.65. The van der Waals surface area contributed by atoms with Gasteiger partial charge in [-0.2, -0.15) is 5.10 Å². The molecule has 92 valence electrons. The molecular formula is C11H21N3O2. The van der Waals surface area contributed by atoms with Crippen LogP contribution in [0.5, 0.6) is 0 Å². The predicted octanol–water partition coefficient (Wildman–Crippen LogP) is 0.390. The number of rotatable bonds is 8. The minimum absolute atomic E-state index is 0.175. The van der Waals surface area contributed by atoms with E-state index < -0.39 is 0 Å². The molecule has 5 nitrogen and oxygen atoms in total. The van der Waals surface area contributed by atoms with Crippen molar-refractivity contribution >= 4 is 0 Å². The Morgan fingerprint density at radius 3 is 3.06 bits per heavy atom. The number of aryl methyl sites for hydroxylation is 1. The van der Waals surface area contributed by atoms with E-state index in [0.29, 0.717) is 13.0 Å². The summed E-state index contributed by atoms with van der Waals surface area (Å²) >= 11 is 0. The number of methoxy groups -OCH3 is 1. The molecule has 2 N–H and O–H groups in total. The van der Waals surface area contributed by atoms with Crippen molar-refractivity contribution in [1.29, 1.82) is 0 Å². The van der Waals surface area contributed by atoms with Crippen molar-refractivity contribution in [2.24, 2.45) is 0 Å². The van der Waals surface area contributed by atoms with E-state index in [1.807, 2.05) is 10.7 Å². The Bertz CT molecular complexity index is 283. The van der Waals surface area contributed by atoms with Gasteiger partial charge in [0, 0.05) is 39.0 Å². The van der Waals surface area contributed by atoms with E-state index in [0.717, 1.165) is 18.8 Å². The highest BCUT2D eigenvalue weighted by Gasteiger charge is 2.08. The maximum absolute atomic E-state index is 8.91. The third-order valence-electron chi connectivity index (χ3n) is 2.52. The molecule has 0 saturated carbocycles. The van der Waals surface area contributed by atoms with Gasteiger partial charge in [0.05, 0.1) is 12.3 Å². The minimum atomic E-state index is 0.175. The molecule has 1 heterocycles. The molecule has 1 aromatic heterocycles. The molecule has 1 rings (SSSR count). The Kier molecular flexibility index (Phi) is 6.07. The highest BCUT2D eigenvalue weighted by Crippen LogP contribution is 2.00. The smallest absolute Gasteiger partial charge is 0.0616 e. The van der Waals surface area contributed by atoms with Crippen LogP contribution >= 0.6 is 0 Å². The van der Waals surface area contributed by atoms with Crippen molar-refractivity contribution in [3.05, 3.63) is 18.0 Å². The second-order valence-electron chi connectivity index (χ2n) is 3.68. The monoisotopic (exact) mass is 227 g/mol. The number of aromatic nitrogens is 2. The van der Waals surface area contributed by atoms with Gasteiger partial charge >= 0.3 is 0 Å². The summed E-state index contributed by atoms with van der Waals surface area (Å²) in [6.07, 6.45) is 2.51. The fourth-order valence-corrected chi connectivity index (χ4v) is 1.65. The number of aliphatic hydroxyl groups is 1. The molecule has 0 amide bonds. The van der Waals surface area contributed by atoms with Crippen molar-refractivity contribution in [1.82, 2.24) is 15.1 Å². The molecule has 16 heavy (non-hydrogen) atoms. The Labute approximate surface area is 96.4 Å². The molecule has 0 aromatic carbocycles. The second-order valence-corrected chi connectivity index (χ2v) is 3.68. The molecule has 0 bridgehead atoms. The Hall–Kier alpha value is -0.910. The normalized spacial score (nSPS) is 12.9. The first kappa shape index (κ1) is 13.2. The number of nitrogens with zero attached hydrogens (tertiary/aromatic N) is 2. The van der Waals surface area contributed by atoms with Gasteiger partial charge in [0.1, 0.15) is 0 Å². The van der Waals surface area contributed by atoms with E-state index in [1.54, 1.807) is 13.3 Å². The molecule has 0 saturated heterocycles. The van der Waals surface area contributed by atoms with Crippen molar-refractivity contribution < 1.29 is 9.84 Å². The summed E-state index contributed by atoms with van der Waals surface area (Å²) in [4.78, 5) is 0. The quantitative estimate of drug-likeness (QED) is 0.674. The molecule has 5 heteroatoms. The molecule has 0 aliphatic rings. The average molecular weight is 227 g/mol. The largest absolute Gasteiger partial charge is 0.396 e. The topological polar surface area (TPSA) is 59.3 Å². The summed E-state index contributed by atoms with van der Waals surface area (Å²) in [6, 6.07) is 2.19. The van der Waals surface area contributed by atoms with Crippen LogP contribution in [0.15, 0.2) is 12.3 Å². The van der Waals surface area contributed by atoms with Gasteiger partial charge in [-0.15, -0.1) is 0 Å². The lowest BCUT2D eigenvalue weighted by Gasteiger charge is -2.17. The van der Waals surface area contributed by atoms with Gasteiger partial charge in [-0.05, 0) is 19.4 Å². The Morgan fingerprint density at radius 2 is 2.44 bits per heavy atom. The minimum Gasteiger partial charge on any atom is -0.396 e. The standard InChI is InChI=1S/C11H21N3O2/c1-3-14-11(4-6-13-14)8-12-10(5-7-15)9-16-2/h4,6,10,12,15H,3,5,7-9H2,1-2H3. The summed E-state index contributed by atoms with van der Waals surface area (Å²) in [7, 11) is 1.67. The van der Waals surface area contributed by atoms with Gasteiger partial charge in [0.15, 0.2) is 0 Å². The van der Waals surface area contributed by atoms with Gasteiger partial charge in [-0.3, -0.25) is 4.68 Å². The SMILES string of the molecule is CCn1nccc1CNC(CCO)COC. The predicted molar refractivity (Wildman–Crippen MR) is 62.1 cm³/mol. The van der Waals surface area contributed by atoms with Crippen LogP contribution in [0, 0.1) is 0 Å². The maximum Gasteiger partial charge on any atom is 0.0616 e. The van der Waals surface area contributed by atoms with E-state index in [9.17, 15) is 0 Å². The van der Waals surface area contributed by atoms with Crippen LogP contribution in [0.2, 0.25) is 0 Å². The third-order valence-corrected chi connectivity index (χ3v) is 2.52. The van der Waals surface area contributed by atoms with Crippen molar-refractivity contribution in [3.8, 4) is 0 Å². The zero-order valence-electron chi connectivity index (χ0n) is 10.0. The van der Waals surface area contributed by atoms with Crippen LogP contribution in [0.25, 0.3) is 0 Å². The number of hydrogen-bond donors (Lipinski definition) is 2. The maximum atomic E-state index is 8.91. The van der Waals surface area contributed by atoms with Crippen LogP contribution in [0.3, 0.4) is 0 Å². The summed E-state index contributed by atoms with van der Waals surface area (Å²) in [5, 5.41) is 16.5. The summed E-state index contributed by atoms with van der Waals surface area (Å²) in [5.41, 5.74) is 1.15. The number of aliphatic hydroxyl groups excluding tert-OH is 1. The van der Waals surface area contributed by atoms with Crippen LogP contribution in [0.1, 0.15) is 19.0 Å². The van der Waals surface area contributed by atoms with E-state index in [4.69, 9.17) is 9.84 Å². The summed E-state index contributed by atoms with van der Waals surface area (Å²) in [6.45, 7) is 4.48. The molecule has 1 atom stereocenters. The fourth-order valence-electron chi connectivity index (χ4n) is 1.65. The lowest BCUT2D eigenvalue weighted by atomic mass is 10.2. The fraction of sp³-hybridized carbons (Fsp3) is 0.727. The van der Waals surface area contributed by atoms with E-state index in [-0.39, 0.29) is 12.6 Å². The lowest BCUT2D eigenvalue weighted by Crippen LogP contribution is -2.34.